The van der Waals surface area contributed by atoms with Crippen molar-refractivity contribution in [2.24, 2.45) is 40.3 Å². The number of amides is 1. The van der Waals surface area contributed by atoms with Gasteiger partial charge in [0.1, 0.15) is 11.3 Å². The highest BCUT2D eigenvalue weighted by molar-refractivity contribution is 5.84. The van der Waals surface area contributed by atoms with Gasteiger partial charge >= 0.3 is 0 Å². The molecule has 0 bridgehead atoms. The average Bonchev–Trinajstić information content (AvgIpc) is 3.47. The summed E-state index contributed by atoms with van der Waals surface area (Å²) >= 11 is 0. The standard InChI is InChI=1S/C24H41N3O2/c1-16(2)15-24(4)21(28)14-20(17(3)23(25)26-24)8-7-18-9-11-27(12-10-18)22(29)13-19-5-6-19/h14,16-20,28H,5-13,15H2,1-4H3,(H2,25,26)/t17?,20?,24-/m1/s1. The van der Waals surface area contributed by atoms with Crippen LogP contribution < -0.4 is 5.73 Å². The van der Waals surface area contributed by atoms with Gasteiger partial charge in [-0.3, -0.25) is 9.79 Å². The van der Waals surface area contributed by atoms with Crippen LogP contribution in [0.2, 0.25) is 0 Å². The molecule has 0 radical (unpaired) electrons. The fourth-order valence-electron chi connectivity index (χ4n) is 5.07. The minimum absolute atomic E-state index is 0.145. The summed E-state index contributed by atoms with van der Waals surface area (Å²) in [5.74, 6) is 3.55. The van der Waals surface area contributed by atoms with E-state index in [9.17, 15) is 9.90 Å². The van der Waals surface area contributed by atoms with Crippen molar-refractivity contribution in [2.45, 2.75) is 84.6 Å². The maximum Gasteiger partial charge on any atom is 0.222 e. The zero-order valence-electron chi connectivity index (χ0n) is 18.9. The number of hydrogen-bond acceptors (Lipinski definition) is 4. The van der Waals surface area contributed by atoms with Crippen LogP contribution >= 0.6 is 0 Å². The van der Waals surface area contributed by atoms with Crippen molar-refractivity contribution in [3.05, 3.63) is 11.8 Å². The molecule has 2 heterocycles. The molecular formula is C24H41N3O2. The Hall–Kier alpha value is -1.52. The first-order valence-electron chi connectivity index (χ1n) is 11.7. The van der Waals surface area contributed by atoms with Crippen LogP contribution in [0.15, 0.2) is 16.8 Å². The van der Waals surface area contributed by atoms with Gasteiger partial charge in [-0.05, 0) is 81.6 Å². The average molecular weight is 404 g/mol. The molecule has 3 rings (SSSR count). The fourth-order valence-corrected chi connectivity index (χ4v) is 5.07. The molecule has 3 N–H and O–H groups in total. The summed E-state index contributed by atoms with van der Waals surface area (Å²) in [6, 6.07) is 0. The van der Waals surface area contributed by atoms with Gasteiger partial charge in [0.25, 0.3) is 0 Å². The highest BCUT2D eigenvalue weighted by Gasteiger charge is 2.36. The van der Waals surface area contributed by atoms with Crippen molar-refractivity contribution in [3.63, 3.8) is 0 Å². The number of aliphatic hydroxyl groups is 1. The molecule has 3 atom stereocenters. The van der Waals surface area contributed by atoms with E-state index in [2.05, 4.69) is 25.7 Å². The van der Waals surface area contributed by atoms with Crippen LogP contribution in [0.4, 0.5) is 0 Å². The van der Waals surface area contributed by atoms with Crippen molar-refractivity contribution in [3.8, 4) is 0 Å². The number of carbonyl (C=O) groups excluding carboxylic acids is 1. The Balaban J connectivity index is 1.53. The van der Waals surface area contributed by atoms with E-state index in [1.54, 1.807) is 0 Å². The topological polar surface area (TPSA) is 78.9 Å². The van der Waals surface area contributed by atoms with Gasteiger partial charge in [0.15, 0.2) is 0 Å². The first-order valence-corrected chi connectivity index (χ1v) is 11.7. The fraction of sp³-hybridized carbons (Fsp3) is 0.833. The Morgan fingerprint density at radius 3 is 2.48 bits per heavy atom. The van der Waals surface area contributed by atoms with E-state index in [1.807, 2.05) is 13.0 Å². The van der Waals surface area contributed by atoms with E-state index < -0.39 is 5.54 Å². The molecule has 0 spiro atoms. The van der Waals surface area contributed by atoms with Gasteiger partial charge < -0.3 is 15.7 Å². The Labute approximate surface area is 176 Å². The van der Waals surface area contributed by atoms with E-state index in [0.717, 1.165) is 51.6 Å². The van der Waals surface area contributed by atoms with Crippen LogP contribution in [0, 0.1) is 29.6 Å². The van der Waals surface area contributed by atoms with Gasteiger partial charge in [0.05, 0.1) is 5.84 Å². The van der Waals surface area contributed by atoms with Crippen molar-refractivity contribution in [1.82, 2.24) is 4.90 Å². The number of likely N-dealkylation sites (tertiary alicyclic amines) is 1. The Morgan fingerprint density at radius 2 is 1.90 bits per heavy atom. The van der Waals surface area contributed by atoms with Gasteiger partial charge in [-0.2, -0.15) is 0 Å². The molecule has 2 fully saturated rings. The van der Waals surface area contributed by atoms with Crippen LogP contribution in [0.1, 0.15) is 79.1 Å². The number of nitrogens with zero attached hydrogens (tertiary/aromatic N) is 2. The lowest BCUT2D eigenvalue weighted by Gasteiger charge is -2.33. The second-order valence-electron chi connectivity index (χ2n) is 10.5. The molecule has 0 aromatic carbocycles. The van der Waals surface area contributed by atoms with Crippen LogP contribution in [-0.2, 0) is 4.79 Å². The number of carbonyl (C=O) groups is 1. The normalized spacial score (nSPS) is 31.4. The lowest BCUT2D eigenvalue weighted by Crippen LogP contribution is -2.38. The summed E-state index contributed by atoms with van der Waals surface area (Å²) < 4.78 is 0. The predicted octanol–water partition coefficient (Wildman–Crippen LogP) is 4.68. The molecule has 1 saturated carbocycles. The SMILES string of the molecule is CC(C)C[C@@]1(C)N=C(N)C(C)C(CCC2CCN(C(=O)CC3CC3)CC2)C=C1O. The highest BCUT2D eigenvalue weighted by atomic mass is 16.3. The van der Waals surface area contributed by atoms with Crippen LogP contribution in [0.5, 0.6) is 0 Å². The van der Waals surface area contributed by atoms with Crippen LogP contribution in [0.3, 0.4) is 0 Å². The number of aliphatic imine (C=N–C) groups is 1. The smallest absolute Gasteiger partial charge is 0.222 e. The van der Waals surface area contributed by atoms with Crippen LogP contribution in [-0.4, -0.2) is 40.4 Å². The maximum atomic E-state index is 12.3. The first kappa shape index (κ1) is 22.2. The van der Waals surface area contributed by atoms with Crippen LogP contribution in [0.25, 0.3) is 0 Å². The highest BCUT2D eigenvalue weighted by Crippen LogP contribution is 2.36. The predicted molar refractivity (Wildman–Crippen MR) is 119 cm³/mol. The molecule has 5 heteroatoms. The summed E-state index contributed by atoms with van der Waals surface area (Å²) in [7, 11) is 0. The third-order valence-electron chi connectivity index (χ3n) is 7.25. The van der Waals surface area contributed by atoms with Gasteiger partial charge in [0.2, 0.25) is 5.91 Å². The number of allylic oxidation sites excluding steroid dienone is 1. The number of hydrogen-bond donors (Lipinski definition) is 2. The minimum Gasteiger partial charge on any atom is -0.510 e. The first-order chi connectivity index (χ1) is 13.7. The maximum absolute atomic E-state index is 12.3. The molecular weight excluding hydrogens is 362 g/mol. The molecule has 2 aliphatic heterocycles. The molecule has 1 aliphatic carbocycles. The van der Waals surface area contributed by atoms with Gasteiger partial charge in [-0.15, -0.1) is 0 Å². The number of piperidine rings is 1. The summed E-state index contributed by atoms with van der Waals surface area (Å²) in [5.41, 5.74) is 5.75. The zero-order chi connectivity index (χ0) is 21.2. The third kappa shape index (κ3) is 5.76. The largest absolute Gasteiger partial charge is 0.510 e. The van der Waals surface area contributed by atoms with Crippen molar-refractivity contribution in [2.75, 3.05) is 13.1 Å². The molecule has 1 amide bonds. The minimum atomic E-state index is -0.603. The number of rotatable bonds is 7. The van der Waals surface area contributed by atoms with Gasteiger partial charge in [-0.1, -0.05) is 20.8 Å². The quantitative estimate of drug-likeness (QED) is 0.648. The van der Waals surface area contributed by atoms with E-state index in [4.69, 9.17) is 10.7 Å². The van der Waals surface area contributed by atoms with E-state index in [-0.39, 0.29) is 11.8 Å². The molecule has 0 aromatic rings. The van der Waals surface area contributed by atoms with E-state index in [1.165, 1.54) is 12.8 Å². The molecule has 29 heavy (non-hydrogen) atoms. The number of nitrogens with two attached hydrogens (primary N) is 1. The monoisotopic (exact) mass is 403 g/mol. The third-order valence-corrected chi connectivity index (χ3v) is 7.25. The van der Waals surface area contributed by atoms with Crippen molar-refractivity contribution in [1.29, 1.82) is 0 Å². The molecule has 3 aliphatic rings. The molecule has 5 nitrogen and oxygen atoms in total. The Morgan fingerprint density at radius 1 is 1.24 bits per heavy atom. The Kier molecular flexibility index (Phi) is 6.95. The second-order valence-corrected chi connectivity index (χ2v) is 10.5. The van der Waals surface area contributed by atoms with Gasteiger partial charge in [-0.25, -0.2) is 0 Å². The summed E-state index contributed by atoms with van der Waals surface area (Å²) in [6.45, 7) is 10.2. The number of aliphatic hydroxyl groups excluding tert-OH is 1. The Bertz CT molecular complexity index is 645. The molecule has 2 unspecified atom stereocenters. The zero-order valence-corrected chi connectivity index (χ0v) is 18.9. The van der Waals surface area contributed by atoms with E-state index >= 15 is 0 Å². The molecule has 1 saturated heterocycles. The number of amidine groups is 1. The van der Waals surface area contributed by atoms with Crippen molar-refractivity contribution < 1.29 is 9.90 Å². The summed E-state index contributed by atoms with van der Waals surface area (Å²) in [4.78, 5) is 19.1. The van der Waals surface area contributed by atoms with E-state index in [0.29, 0.717) is 35.3 Å². The van der Waals surface area contributed by atoms with Crippen molar-refractivity contribution >= 4 is 11.7 Å². The lowest BCUT2D eigenvalue weighted by molar-refractivity contribution is -0.133. The summed E-state index contributed by atoms with van der Waals surface area (Å²) in [6.07, 6.45) is 10.4. The molecule has 0 aromatic heterocycles. The summed E-state index contributed by atoms with van der Waals surface area (Å²) in [5, 5.41) is 10.8. The van der Waals surface area contributed by atoms with Gasteiger partial charge in [0, 0.05) is 25.4 Å². The second kappa shape index (κ2) is 9.09. The molecule has 164 valence electrons. The lowest BCUT2D eigenvalue weighted by atomic mass is 9.82.